The highest BCUT2D eigenvalue weighted by Gasteiger charge is 2.20. The van der Waals surface area contributed by atoms with Crippen molar-refractivity contribution < 1.29 is 14.3 Å². The number of hydrogen-bond donors (Lipinski definition) is 2. The van der Waals surface area contributed by atoms with Crippen molar-refractivity contribution in [2.75, 3.05) is 11.9 Å². The quantitative estimate of drug-likeness (QED) is 0.811. The van der Waals surface area contributed by atoms with Gasteiger partial charge in [-0.2, -0.15) is 0 Å². The number of anilines is 1. The van der Waals surface area contributed by atoms with Crippen LogP contribution in [0.2, 0.25) is 0 Å². The van der Waals surface area contributed by atoms with Gasteiger partial charge in [-0.25, -0.2) is 4.98 Å². The second-order valence-electron chi connectivity index (χ2n) is 5.70. The number of ether oxygens (including phenoxy) is 1. The number of nitrogens with one attached hydrogen (secondary N) is 2. The van der Waals surface area contributed by atoms with Crippen LogP contribution in [0.1, 0.15) is 37.4 Å². The molecule has 0 aliphatic heterocycles. The molecule has 2 aromatic rings. The van der Waals surface area contributed by atoms with Crippen molar-refractivity contribution in [1.82, 2.24) is 10.3 Å². The van der Waals surface area contributed by atoms with Gasteiger partial charge in [0.1, 0.15) is 11.6 Å². The summed E-state index contributed by atoms with van der Waals surface area (Å²) in [6.45, 7) is 5.75. The fraction of sp³-hybridized carbons (Fsp3) is 0.316. The summed E-state index contributed by atoms with van der Waals surface area (Å²) in [5.41, 5.74) is 1.78. The van der Waals surface area contributed by atoms with Crippen molar-refractivity contribution >= 4 is 17.6 Å². The summed E-state index contributed by atoms with van der Waals surface area (Å²) in [5.74, 6) is 0.694. The topological polar surface area (TPSA) is 80.3 Å². The maximum Gasteiger partial charge on any atom is 0.227 e. The normalized spacial score (nSPS) is 11.5. The molecule has 0 radical (unpaired) electrons. The number of carbonyl (C=O) groups is 2. The Bertz CT molecular complexity index is 729. The van der Waals surface area contributed by atoms with Gasteiger partial charge < -0.3 is 15.4 Å². The van der Waals surface area contributed by atoms with Crippen molar-refractivity contribution in [1.29, 1.82) is 0 Å². The summed E-state index contributed by atoms with van der Waals surface area (Å²) in [6, 6.07) is 10.5. The van der Waals surface area contributed by atoms with E-state index in [1.807, 2.05) is 44.2 Å². The molecule has 1 heterocycles. The first kappa shape index (κ1) is 18.4. The lowest BCUT2D eigenvalue weighted by Gasteiger charge is -2.20. The number of pyridine rings is 1. The number of aryl methyl sites for hydroxylation is 1. The molecule has 0 saturated heterocycles. The summed E-state index contributed by atoms with van der Waals surface area (Å²) in [7, 11) is 0. The van der Waals surface area contributed by atoms with E-state index in [9.17, 15) is 9.59 Å². The molecule has 2 amide bonds. The fourth-order valence-corrected chi connectivity index (χ4v) is 2.46. The van der Waals surface area contributed by atoms with Gasteiger partial charge in [0.2, 0.25) is 11.8 Å². The third-order valence-corrected chi connectivity index (χ3v) is 3.54. The van der Waals surface area contributed by atoms with Gasteiger partial charge in [0.25, 0.3) is 0 Å². The molecule has 2 rings (SSSR count). The molecule has 1 atom stereocenters. The largest absolute Gasteiger partial charge is 0.494 e. The second kappa shape index (κ2) is 8.82. The average Bonchev–Trinajstić information content (AvgIpc) is 2.57. The molecule has 0 fully saturated rings. The lowest BCUT2D eigenvalue weighted by molar-refractivity contribution is -0.120. The third-order valence-electron chi connectivity index (χ3n) is 3.54. The van der Waals surface area contributed by atoms with Gasteiger partial charge in [0, 0.05) is 18.7 Å². The number of rotatable bonds is 7. The number of hydrogen-bond acceptors (Lipinski definition) is 4. The Balaban J connectivity index is 2.16. The van der Waals surface area contributed by atoms with Crippen LogP contribution in [0, 0.1) is 6.92 Å². The maximum atomic E-state index is 12.4. The number of amides is 2. The van der Waals surface area contributed by atoms with E-state index in [2.05, 4.69) is 15.6 Å². The molecule has 1 aromatic heterocycles. The minimum atomic E-state index is -0.481. The van der Waals surface area contributed by atoms with Crippen molar-refractivity contribution in [3.63, 3.8) is 0 Å². The predicted molar refractivity (Wildman–Crippen MR) is 96.4 cm³/mol. The van der Waals surface area contributed by atoms with E-state index >= 15 is 0 Å². The van der Waals surface area contributed by atoms with Gasteiger partial charge in [-0.05, 0) is 31.5 Å². The third kappa shape index (κ3) is 5.60. The van der Waals surface area contributed by atoms with Crippen LogP contribution in [0.25, 0.3) is 0 Å². The van der Waals surface area contributed by atoms with Gasteiger partial charge in [-0.3, -0.25) is 9.59 Å². The van der Waals surface area contributed by atoms with E-state index < -0.39 is 6.04 Å². The molecular weight excluding hydrogens is 318 g/mol. The van der Waals surface area contributed by atoms with E-state index in [0.29, 0.717) is 18.2 Å². The Kier molecular flexibility index (Phi) is 6.51. The van der Waals surface area contributed by atoms with Crippen LogP contribution in [0.15, 0.2) is 42.6 Å². The molecule has 0 bridgehead atoms. The van der Waals surface area contributed by atoms with Crippen LogP contribution < -0.4 is 15.4 Å². The maximum absolute atomic E-state index is 12.4. The highest BCUT2D eigenvalue weighted by molar-refractivity contribution is 5.90. The smallest absolute Gasteiger partial charge is 0.227 e. The molecular formula is C19H23N3O3. The highest BCUT2D eigenvalue weighted by atomic mass is 16.5. The van der Waals surface area contributed by atoms with Crippen molar-refractivity contribution in [3.05, 3.63) is 53.7 Å². The van der Waals surface area contributed by atoms with E-state index in [0.717, 1.165) is 11.1 Å². The van der Waals surface area contributed by atoms with Crippen LogP contribution in [0.4, 0.5) is 5.82 Å². The SMILES string of the molecule is CCOc1ccccc1C(CC(=O)Nc1ccc(C)cn1)NC(C)=O. The zero-order valence-corrected chi connectivity index (χ0v) is 14.7. The van der Waals surface area contributed by atoms with Crippen LogP contribution in [0.5, 0.6) is 5.75 Å². The zero-order chi connectivity index (χ0) is 18.2. The standard InChI is InChI=1S/C19H23N3O3/c1-4-25-17-8-6-5-7-15(17)16(21-14(3)23)11-19(24)22-18-10-9-13(2)12-20-18/h5-10,12,16H,4,11H2,1-3H3,(H,21,23)(H,20,22,24). The van der Waals surface area contributed by atoms with E-state index in [1.54, 1.807) is 12.3 Å². The Morgan fingerprint density at radius 3 is 2.60 bits per heavy atom. The molecule has 0 saturated carbocycles. The number of benzene rings is 1. The van der Waals surface area contributed by atoms with E-state index in [1.165, 1.54) is 6.92 Å². The Morgan fingerprint density at radius 2 is 1.96 bits per heavy atom. The number of aromatic nitrogens is 1. The molecule has 6 heteroatoms. The summed E-state index contributed by atoms with van der Waals surface area (Å²) < 4.78 is 5.62. The number of nitrogens with zero attached hydrogens (tertiary/aromatic N) is 1. The van der Waals surface area contributed by atoms with Crippen molar-refractivity contribution in [2.45, 2.75) is 33.2 Å². The van der Waals surface area contributed by atoms with E-state index in [4.69, 9.17) is 4.74 Å². The minimum absolute atomic E-state index is 0.0826. The molecule has 0 aliphatic rings. The zero-order valence-electron chi connectivity index (χ0n) is 14.7. The summed E-state index contributed by atoms with van der Waals surface area (Å²) in [4.78, 5) is 28.1. The van der Waals surface area contributed by atoms with Gasteiger partial charge in [-0.1, -0.05) is 24.3 Å². The van der Waals surface area contributed by atoms with Gasteiger partial charge in [0.15, 0.2) is 0 Å². The Labute approximate surface area is 147 Å². The first-order chi connectivity index (χ1) is 12.0. The van der Waals surface area contributed by atoms with Crippen LogP contribution in [-0.2, 0) is 9.59 Å². The van der Waals surface area contributed by atoms with Crippen molar-refractivity contribution in [3.8, 4) is 5.75 Å². The molecule has 1 aromatic carbocycles. The first-order valence-corrected chi connectivity index (χ1v) is 8.21. The number of carbonyl (C=O) groups excluding carboxylic acids is 2. The predicted octanol–water partition coefficient (Wildman–Crippen LogP) is 2.99. The molecule has 25 heavy (non-hydrogen) atoms. The van der Waals surface area contributed by atoms with Gasteiger partial charge in [0.05, 0.1) is 19.1 Å². The fourth-order valence-electron chi connectivity index (χ4n) is 2.46. The van der Waals surface area contributed by atoms with Crippen LogP contribution in [0.3, 0.4) is 0 Å². The molecule has 0 aliphatic carbocycles. The van der Waals surface area contributed by atoms with Crippen LogP contribution in [-0.4, -0.2) is 23.4 Å². The van der Waals surface area contributed by atoms with Gasteiger partial charge in [-0.15, -0.1) is 0 Å². The molecule has 0 spiro atoms. The lowest BCUT2D eigenvalue weighted by atomic mass is 10.0. The van der Waals surface area contributed by atoms with Crippen LogP contribution >= 0.6 is 0 Å². The molecule has 1 unspecified atom stereocenters. The molecule has 6 nitrogen and oxygen atoms in total. The highest BCUT2D eigenvalue weighted by Crippen LogP contribution is 2.27. The van der Waals surface area contributed by atoms with Crippen molar-refractivity contribution in [2.24, 2.45) is 0 Å². The lowest BCUT2D eigenvalue weighted by Crippen LogP contribution is -2.30. The summed E-state index contributed by atoms with van der Waals surface area (Å²) in [6.07, 6.45) is 1.77. The average molecular weight is 341 g/mol. The molecule has 132 valence electrons. The monoisotopic (exact) mass is 341 g/mol. The summed E-state index contributed by atoms with van der Waals surface area (Å²) in [5, 5.41) is 5.57. The van der Waals surface area contributed by atoms with Gasteiger partial charge >= 0.3 is 0 Å². The minimum Gasteiger partial charge on any atom is -0.494 e. The number of para-hydroxylation sites is 1. The second-order valence-corrected chi connectivity index (χ2v) is 5.70. The Morgan fingerprint density at radius 1 is 1.20 bits per heavy atom. The first-order valence-electron chi connectivity index (χ1n) is 8.21. The Hall–Kier alpha value is -2.89. The van der Waals surface area contributed by atoms with E-state index in [-0.39, 0.29) is 18.2 Å². The molecule has 2 N–H and O–H groups in total. The summed E-state index contributed by atoms with van der Waals surface area (Å²) >= 11 is 0.